The molecule has 0 fully saturated rings. The van der Waals surface area contributed by atoms with Crippen molar-refractivity contribution in [2.75, 3.05) is 37.4 Å². The molecule has 0 radical (unpaired) electrons. The zero-order valence-electron chi connectivity index (χ0n) is 9.86. The fraction of sp³-hybridized carbons (Fsp3) is 0.700. The van der Waals surface area contributed by atoms with Crippen molar-refractivity contribution in [2.24, 2.45) is 0 Å². The summed E-state index contributed by atoms with van der Waals surface area (Å²) in [5, 5.41) is 14.0. The van der Waals surface area contributed by atoms with E-state index in [1.54, 1.807) is 13.3 Å². The molecule has 6 heteroatoms. The number of nitrogens with zero attached hydrogens (tertiary/aromatic N) is 3. The van der Waals surface area contributed by atoms with Gasteiger partial charge in [-0.05, 0) is 12.8 Å². The van der Waals surface area contributed by atoms with Gasteiger partial charge in [0.2, 0.25) is 5.95 Å². The Hall–Kier alpha value is -1.43. The molecule has 1 rings (SSSR count). The van der Waals surface area contributed by atoms with Crippen molar-refractivity contribution in [3.05, 3.63) is 6.20 Å². The maximum absolute atomic E-state index is 4.95. The number of nitrogens with one attached hydrogen (secondary N) is 2. The molecule has 0 amide bonds. The Kier molecular flexibility index (Phi) is 6.17. The molecule has 1 aromatic heterocycles. The van der Waals surface area contributed by atoms with Crippen molar-refractivity contribution in [2.45, 2.75) is 19.8 Å². The molecule has 0 unspecified atom stereocenters. The number of rotatable bonds is 8. The van der Waals surface area contributed by atoms with Crippen LogP contribution in [0.3, 0.4) is 0 Å². The van der Waals surface area contributed by atoms with Gasteiger partial charge in [0.25, 0.3) is 0 Å². The number of hydrogen-bond donors (Lipinski definition) is 2. The van der Waals surface area contributed by atoms with Gasteiger partial charge in [-0.3, -0.25) is 0 Å². The second-order valence-corrected chi connectivity index (χ2v) is 3.37. The first-order valence-corrected chi connectivity index (χ1v) is 5.53. The molecule has 0 aliphatic heterocycles. The Balaban J connectivity index is 2.35. The average Bonchev–Trinajstić information content (AvgIpc) is 2.33. The maximum Gasteiger partial charge on any atom is 0.244 e. The van der Waals surface area contributed by atoms with Crippen LogP contribution >= 0.6 is 0 Å². The van der Waals surface area contributed by atoms with Crippen LogP contribution in [0.15, 0.2) is 6.20 Å². The van der Waals surface area contributed by atoms with Gasteiger partial charge in [0.05, 0.1) is 6.20 Å². The van der Waals surface area contributed by atoms with Gasteiger partial charge in [0, 0.05) is 26.8 Å². The molecule has 0 aromatic carbocycles. The molecule has 0 saturated carbocycles. The first kappa shape index (κ1) is 12.6. The fourth-order valence-corrected chi connectivity index (χ4v) is 1.13. The summed E-state index contributed by atoms with van der Waals surface area (Å²) in [6.45, 7) is 4.51. The van der Waals surface area contributed by atoms with Crippen LogP contribution < -0.4 is 10.6 Å². The van der Waals surface area contributed by atoms with Crippen molar-refractivity contribution >= 4 is 11.8 Å². The van der Waals surface area contributed by atoms with Crippen molar-refractivity contribution in [1.82, 2.24) is 15.2 Å². The molecule has 2 N–H and O–H groups in total. The van der Waals surface area contributed by atoms with Gasteiger partial charge in [0.1, 0.15) is 5.82 Å². The SMILES string of the molecule is CCCNc1cnnc(NCCCOC)n1. The van der Waals surface area contributed by atoms with Gasteiger partial charge in [-0.1, -0.05) is 6.92 Å². The third-order valence-electron chi connectivity index (χ3n) is 1.92. The molecular formula is C10H19N5O. The van der Waals surface area contributed by atoms with Gasteiger partial charge >= 0.3 is 0 Å². The van der Waals surface area contributed by atoms with E-state index in [0.29, 0.717) is 5.95 Å². The summed E-state index contributed by atoms with van der Waals surface area (Å²) in [7, 11) is 1.69. The van der Waals surface area contributed by atoms with Crippen LogP contribution in [0.5, 0.6) is 0 Å². The normalized spacial score (nSPS) is 10.1. The highest BCUT2D eigenvalue weighted by Crippen LogP contribution is 2.03. The molecule has 0 aliphatic rings. The molecule has 0 spiro atoms. The Labute approximate surface area is 95.8 Å². The van der Waals surface area contributed by atoms with E-state index < -0.39 is 0 Å². The zero-order valence-corrected chi connectivity index (χ0v) is 9.86. The van der Waals surface area contributed by atoms with Crippen LogP contribution in [0.1, 0.15) is 19.8 Å². The quantitative estimate of drug-likeness (QED) is 0.646. The highest BCUT2D eigenvalue weighted by atomic mass is 16.5. The maximum atomic E-state index is 4.95. The third kappa shape index (κ3) is 4.88. The van der Waals surface area contributed by atoms with Crippen molar-refractivity contribution in [1.29, 1.82) is 0 Å². The monoisotopic (exact) mass is 225 g/mol. The summed E-state index contributed by atoms with van der Waals surface area (Å²) in [6.07, 6.45) is 3.60. The smallest absolute Gasteiger partial charge is 0.244 e. The second kappa shape index (κ2) is 7.81. The minimum absolute atomic E-state index is 0.553. The number of hydrogen-bond acceptors (Lipinski definition) is 6. The van der Waals surface area contributed by atoms with E-state index in [-0.39, 0.29) is 0 Å². The van der Waals surface area contributed by atoms with E-state index in [0.717, 1.165) is 38.4 Å². The topological polar surface area (TPSA) is 72.0 Å². The van der Waals surface area contributed by atoms with Gasteiger partial charge < -0.3 is 15.4 Å². The standard InChI is InChI=1S/C10H19N5O/c1-3-5-11-9-8-13-15-10(14-9)12-6-4-7-16-2/h8H,3-7H2,1-2H3,(H2,11,12,14,15). The van der Waals surface area contributed by atoms with Crippen LogP contribution in [0.2, 0.25) is 0 Å². The van der Waals surface area contributed by atoms with Crippen molar-refractivity contribution in [3.8, 4) is 0 Å². The minimum Gasteiger partial charge on any atom is -0.385 e. The first-order chi connectivity index (χ1) is 7.86. The van der Waals surface area contributed by atoms with Gasteiger partial charge in [-0.2, -0.15) is 10.1 Å². The van der Waals surface area contributed by atoms with Crippen LogP contribution in [0, 0.1) is 0 Å². The van der Waals surface area contributed by atoms with Gasteiger partial charge in [0.15, 0.2) is 0 Å². The number of ether oxygens (including phenoxy) is 1. The molecule has 90 valence electrons. The lowest BCUT2D eigenvalue weighted by molar-refractivity contribution is 0.197. The molecule has 0 saturated heterocycles. The molecule has 1 aromatic rings. The summed E-state index contributed by atoms with van der Waals surface area (Å²) >= 11 is 0. The van der Waals surface area contributed by atoms with E-state index in [2.05, 4.69) is 32.7 Å². The number of anilines is 2. The highest BCUT2D eigenvalue weighted by Gasteiger charge is 1.98. The van der Waals surface area contributed by atoms with Gasteiger partial charge in [-0.15, -0.1) is 5.10 Å². The molecule has 1 heterocycles. The summed E-state index contributed by atoms with van der Waals surface area (Å²) < 4.78 is 4.95. The Morgan fingerprint density at radius 2 is 2.19 bits per heavy atom. The Morgan fingerprint density at radius 3 is 2.94 bits per heavy atom. The lowest BCUT2D eigenvalue weighted by Crippen LogP contribution is -2.10. The predicted molar refractivity (Wildman–Crippen MR) is 63.6 cm³/mol. The lowest BCUT2D eigenvalue weighted by atomic mass is 10.4. The van der Waals surface area contributed by atoms with Crippen LogP contribution in [-0.4, -0.2) is 42.0 Å². The predicted octanol–water partition coefficient (Wildman–Crippen LogP) is 1.14. The molecular weight excluding hydrogens is 206 g/mol. The van der Waals surface area contributed by atoms with E-state index in [1.807, 2.05) is 0 Å². The van der Waals surface area contributed by atoms with Crippen LogP contribution in [0.4, 0.5) is 11.8 Å². The molecule has 0 aliphatic carbocycles. The number of aromatic nitrogens is 3. The fourth-order valence-electron chi connectivity index (χ4n) is 1.13. The molecule has 0 atom stereocenters. The minimum atomic E-state index is 0.553. The van der Waals surface area contributed by atoms with Gasteiger partial charge in [-0.25, -0.2) is 0 Å². The van der Waals surface area contributed by atoms with Crippen molar-refractivity contribution < 1.29 is 4.74 Å². The summed E-state index contributed by atoms with van der Waals surface area (Å²) in [5.74, 6) is 1.31. The average molecular weight is 225 g/mol. The van der Waals surface area contributed by atoms with Crippen LogP contribution in [-0.2, 0) is 4.74 Å². The molecule has 0 bridgehead atoms. The molecule has 16 heavy (non-hydrogen) atoms. The third-order valence-corrected chi connectivity index (χ3v) is 1.92. The summed E-state index contributed by atoms with van der Waals surface area (Å²) in [4.78, 5) is 4.27. The highest BCUT2D eigenvalue weighted by molar-refractivity contribution is 5.36. The van der Waals surface area contributed by atoms with Crippen LogP contribution in [0.25, 0.3) is 0 Å². The second-order valence-electron chi connectivity index (χ2n) is 3.37. The molecule has 6 nitrogen and oxygen atoms in total. The van der Waals surface area contributed by atoms with E-state index >= 15 is 0 Å². The summed E-state index contributed by atoms with van der Waals surface area (Å²) in [6, 6.07) is 0. The van der Waals surface area contributed by atoms with E-state index in [4.69, 9.17) is 4.74 Å². The van der Waals surface area contributed by atoms with Crippen molar-refractivity contribution in [3.63, 3.8) is 0 Å². The number of methoxy groups -OCH3 is 1. The van der Waals surface area contributed by atoms with E-state index in [1.165, 1.54) is 0 Å². The first-order valence-electron chi connectivity index (χ1n) is 5.53. The zero-order chi connectivity index (χ0) is 11.6. The lowest BCUT2D eigenvalue weighted by Gasteiger charge is -2.06. The van der Waals surface area contributed by atoms with E-state index in [9.17, 15) is 0 Å². The largest absolute Gasteiger partial charge is 0.385 e. The summed E-state index contributed by atoms with van der Waals surface area (Å²) in [5.41, 5.74) is 0. The Bertz CT molecular complexity index is 294. The Morgan fingerprint density at radius 1 is 1.31 bits per heavy atom.